The van der Waals surface area contributed by atoms with Gasteiger partial charge in [-0.25, -0.2) is 57.4 Å². The molecule has 123 heavy (non-hydrogen) atoms. The third-order valence-corrected chi connectivity index (χ3v) is 21.9. The van der Waals surface area contributed by atoms with E-state index in [9.17, 15) is 24.6 Å². The fraction of sp³-hybridized carbons (Fsp3) is 0.211. The molecule has 31 nitrogen and oxygen atoms in total. The molecule has 0 spiro atoms. The number of nitrogens with zero attached hydrogens (tertiary/aromatic N) is 23. The zero-order valence-electron chi connectivity index (χ0n) is 68.6. The van der Waals surface area contributed by atoms with E-state index in [-0.39, 0.29) is 42.2 Å². The molecule has 20 rings (SSSR count). The zero-order valence-corrected chi connectivity index (χ0v) is 68.6. The van der Waals surface area contributed by atoms with E-state index < -0.39 is 11.9 Å². The number of halogens is 2. The van der Waals surface area contributed by atoms with Crippen LogP contribution in [0.1, 0.15) is 155 Å². The summed E-state index contributed by atoms with van der Waals surface area (Å²) in [5.41, 5.74) is 46.9. The Morgan fingerprint density at radius 2 is 0.837 bits per heavy atom. The van der Waals surface area contributed by atoms with Gasteiger partial charge in [0.05, 0.1) is 137 Å². The van der Waals surface area contributed by atoms with Gasteiger partial charge in [-0.1, -0.05) is 70.8 Å². The molecule has 0 saturated carbocycles. The molecular weight excluding hydrogens is 1560 g/mol. The Bertz CT molecular complexity index is 6920. The van der Waals surface area contributed by atoms with E-state index in [0.717, 1.165) is 107 Å². The van der Waals surface area contributed by atoms with Crippen LogP contribution in [0.15, 0.2) is 178 Å². The molecule has 0 aliphatic carbocycles. The smallest absolute Gasteiger partial charge is 0.166 e. The quantitative estimate of drug-likeness (QED) is 0.119. The number of nitrogen functional groups attached to an aromatic ring is 4. The van der Waals surface area contributed by atoms with Crippen LogP contribution in [0, 0.1) is 80.2 Å². The minimum atomic E-state index is -0.452. The Balaban J connectivity index is 0.000000116. The first-order valence-corrected chi connectivity index (χ1v) is 39.5. The average molecular weight is 1640 g/mol. The first-order valence-electron chi connectivity index (χ1n) is 39.5. The van der Waals surface area contributed by atoms with E-state index in [1.54, 1.807) is 74.4 Å². The predicted octanol–water partition coefficient (Wildman–Crippen LogP) is 14.9. The summed E-state index contributed by atoms with van der Waals surface area (Å²) in [6.07, 6.45) is 16.2. The second-order valence-electron chi connectivity index (χ2n) is 30.4. The number of pyridine rings is 4. The molecule has 0 saturated heterocycles. The average Bonchev–Trinajstić information content (AvgIpc) is 1.67. The van der Waals surface area contributed by atoms with Crippen LogP contribution in [0.3, 0.4) is 0 Å². The minimum Gasteiger partial charge on any atom is -0.482 e. The number of ether oxygens (including phenoxy) is 4. The van der Waals surface area contributed by atoms with Crippen molar-refractivity contribution < 1.29 is 27.7 Å². The van der Waals surface area contributed by atoms with Crippen LogP contribution >= 0.6 is 0 Å². The van der Waals surface area contributed by atoms with Gasteiger partial charge in [0, 0.05) is 94.0 Å². The first kappa shape index (κ1) is 79.4. The molecule has 8 bridgehead atoms. The monoisotopic (exact) mass is 1640 g/mol. The molecule has 4 atom stereocenters. The summed E-state index contributed by atoms with van der Waals surface area (Å²) in [6.45, 7) is 21.6. The zero-order chi connectivity index (χ0) is 85.9. The van der Waals surface area contributed by atoms with Gasteiger partial charge in [-0.2, -0.15) is 46.4 Å². The Kier molecular flexibility index (Phi) is 20.8. The van der Waals surface area contributed by atoms with Gasteiger partial charge in [0.1, 0.15) is 42.6 Å². The van der Waals surface area contributed by atoms with Gasteiger partial charge in [-0.05, 0) is 130 Å². The molecule has 8 N–H and O–H groups in total. The lowest BCUT2D eigenvalue weighted by atomic mass is 10.0. The lowest BCUT2D eigenvalue weighted by Crippen LogP contribution is -2.15. The van der Waals surface area contributed by atoms with Crippen molar-refractivity contribution in [2.45, 2.75) is 126 Å². The van der Waals surface area contributed by atoms with Crippen LogP contribution in [0.25, 0.3) is 67.8 Å². The van der Waals surface area contributed by atoms with Crippen molar-refractivity contribution in [3.05, 3.63) is 285 Å². The molecule has 4 aliphatic rings. The van der Waals surface area contributed by atoms with Crippen LogP contribution in [-0.4, -0.2) is 97.7 Å². The molecule has 16 heterocycles. The molecule has 614 valence electrons. The highest BCUT2D eigenvalue weighted by Crippen LogP contribution is 2.42. The van der Waals surface area contributed by atoms with Gasteiger partial charge in [-0.15, -0.1) is 0 Å². The van der Waals surface area contributed by atoms with E-state index in [4.69, 9.17) is 47.0 Å². The topological polar surface area (TPSA) is 406 Å². The van der Waals surface area contributed by atoms with Gasteiger partial charge in [0.2, 0.25) is 0 Å². The lowest BCUT2D eigenvalue weighted by Gasteiger charge is -2.22. The molecule has 16 aromatic rings. The molecule has 0 fully saturated rings. The summed E-state index contributed by atoms with van der Waals surface area (Å²) in [7, 11) is 0. The highest BCUT2D eigenvalue weighted by atomic mass is 19.1. The largest absolute Gasteiger partial charge is 0.482 e. The van der Waals surface area contributed by atoms with Crippen molar-refractivity contribution in [2.75, 3.05) is 22.9 Å². The first-order chi connectivity index (χ1) is 59.4. The number of nitrogens with two attached hydrogens (primary N) is 4. The van der Waals surface area contributed by atoms with Crippen LogP contribution in [-0.2, 0) is 32.6 Å². The van der Waals surface area contributed by atoms with E-state index in [1.165, 1.54) is 18.7 Å². The Labute approximate surface area is 703 Å². The van der Waals surface area contributed by atoms with Crippen molar-refractivity contribution in [3.63, 3.8) is 0 Å². The van der Waals surface area contributed by atoms with E-state index in [2.05, 4.69) is 105 Å². The standard InChI is InChI=1S/C23H23FN6O.C23H21N7O.C22H18FN7O.C22H19N7O/c1-4-29-22-15(11-27-29)8-20-18(24)12-28-30(20)19-6-5-13(2)7-17(19)14(3)31-21-9-16(22)10-26-23(21)25;1-13-4-5-20-18(6-13)15(3)31-21-8-16(10-26-23(21)25)22-19(9-24)27-12-29(22)11-17-7-14(2)28-30(17)20;1-12-3-4-18-15(5-12)13(2)31-20-6-14(8-26-22(20)25)21-17(7-24)27-11-29(21)10-19-16(23)9-28-30(18)19;1-13-3-4-19-18(7-13)14(2)30-20-8-15(10-25-22(20)24)21-16(9-23)11-27-28(21)12-17-5-6-26-29(17)19/h5-7,9-12,14H,4,8H2,1-3H3,(H2,25,26);4-8,10,12,15H,11H2,1-3H3,(H2,25,26);3-6,8-9,11,13H,10H2,1-2H3,(H2,25,26);3-8,10-11,14H,12H2,1-2H3,(H2,24,25)/t14-;15-;13-;14-/m1111/s1. The number of benzene rings is 4. The highest BCUT2D eigenvalue weighted by molar-refractivity contribution is 5.73. The summed E-state index contributed by atoms with van der Waals surface area (Å²) in [5, 5.41) is 55.7. The van der Waals surface area contributed by atoms with Crippen LogP contribution in [0.5, 0.6) is 23.0 Å². The van der Waals surface area contributed by atoms with E-state index in [1.807, 2.05) is 160 Å². The van der Waals surface area contributed by atoms with E-state index in [0.29, 0.717) is 117 Å². The second-order valence-corrected chi connectivity index (χ2v) is 30.4. The third kappa shape index (κ3) is 15.0. The number of imidazole rings is 2. The summed E-state index contributed by atoms with van der Waals surface area (Å²) < 4.78 is 69.1. The van der Waals surface area contributed by atoms with Crippen molar-refractivity contribution >= 4 is 23.3 Å². The number of hydrogen-bond acceptors (Lipinski definition) is 23. The van der Waals surface area contributed by atoms with E-state index >= 15 is 0 Å². The normalized spacial score (nSPS) is 14.9. The molecule has 4 aliphatic heterocycles. The van der Waals surface area contributed by atoms with Gasteiger partial charge >= 0.3 is 0 Å². The van der Waals surface area contributed by atoms with Gasteiger partial charge in [0.15, 0.2) is 69.3 Å². The summed E-state index contributed by atoms with van der Waals surface area (Å²) in [5.74, 6) is 2.14. The maximum atomic E-state index is 14.9. The van der Waals surface area contributed by atoms with Crippen molar-refractivity contribution in [1.82, 2.24) is 97.7 Å². The maximum absolute atomic E-state index is 14.9. The fourth-order valence-corrected chi connectivity index (χ4v) is 15.9. The molecule has 4 aromatic carbocycles. The van der Waals surface area contributed by atoms with Crippen molar-refractivity contribution in [1.29, 1.82) is 15.8 Å². The number of aryl methyl sites for hydroxylation is 6. The molecule has 0 amide bonds. The summed E-state index contributed by atoms with van der Waals surface area (Å²) >= 11 is 0. The Morgan fingerprint density at radius 3 is 1.29 bits per heavy atom. The third-order valence-electron chi connectivity index (χ3n) is 21.9. The minimum absolute atomic E-state index is 0.123. The number of nitriles is 3. The molecule has 0 radical (unpaired) electrons. The molecule has 12 aromatic heterocycles. The van der Waals surface area contributed by atoms with Crippen LogP contribution < -0.4 is 41.9 Å². The second kappa shape index (κ2) is 32.3. The van der Waals surface area contributed by atoms with Crippen molar-refractivity contribution in [3.8, 4) is 109 Å². The SMILES string of the molecule is CCn1ncc2c1-c1cnc(N)c(c1)O[C@H](C)c1cc(C)ccc1-n1ncc(F)c1C2.Cc1ccc2c(c1)[C@@H](C)Oc1cc(cnc1N)-c1c(C#N)cnn1Cc1ccnn1-2.Cc1ccc2c(c1)[C@@H](C)Oc1cc(cnc1N)-c1c(C#N)ncn1Cc1c(F)cnn1-2.Cc1ccc2c(c1)[C@@H](C)Oc1cc(cnc1N)-c1c(C#N)ncn1Cc1cc(C)nn1-2. The lowest BCUT2D eigenvalue weighted by molar-refractivity contribution is 0.227. The van der Waals surface area contributed by atoms with Gasteiger partial charge < -0.3 is 51.0 Å². The number of aromatic nitrogens is 20. The number of anilines is 4. The Hall–Kier alpha value is -16.1. The number of rotatable bonds is 1. The van der Waals surface area contributed by atoms with Crippen LogP contribution in [0.4, 0.5) is 32.1 Å². The predicted molar refractivity (Wildman–Crippen MR) is 453 cm³/mol. The highest BCUT2D eigenvalue weighted by Gasteiger charge is 2.31. The van der Waals surface area contributed by atoms with Gasteiger partial charge in [-0.3, -0.25) is 9.36 Å². The number of fused-ring (bicyclic) bond motifs is 28. The molecule has 0 unspecified atom stereocenters. The fourth-order valence-electron chi connectivity index (χ4n) is 15.9. The summed E-state index contributed by atoms with van der Waals surface area (Å²) in [4.78, 5) is 25.7. The molecular formula is C90H81F2N27O4. The van der Waals surface area contributed by atoms with Crippen molar-refractivity contribution in [2.24, 2.45) is 0 Å². The summed E-state index contributed by atoms with van der Waals surface area (Å²) in [6, 6.07) is 41.9. The number of hydrogen-bond donors (Lipinski definition) is 4. The molecule has 33 heteroatoms. The Morgan fingerprint density at radius 1 is 0.415 bits per heavy atom. The maximum Gasteiger partial charge on any atom is 0.166 e. The van der Waals surface area contributed by atoms with Gasteiger partial charge in [0.25, 0.3) is 0 Å². The van der Waals surface area contributed by atoms with Crippen LogP contribution in [0.2, 0.25) is 0 Å².